The lowest BCUT2D eigenvalue weighted by molar-refractivity contribution is -0.131. The molecule has 25 heavy (non-hydrogen) atoms. The number of nitrogens with zero attached hydrogens (tertiary/aromatic N) is 4. The number of nitriles is 1. The molecule has 1 aromatic carbocycles. The maximum absolute atomic E-state index is 12.6. The number of carbonyl (C=O) groups is 1. The second kappa shape index (κ2) is 8.48. The van der Waals surface area contributed by atoms with Crippen LogP contribution in [0.5, 0.6) is 0 Å². The minimum absolute atomic E-state index is 0.0502. The number of benzene rings is 1. The Morgan fingerprint density at radius 1 is 1.32 bits per heavy atom. The third-order valence-electron chi connectivity index (χ3n) is 4.81. The maximum atomic E-state index is 12.6. The van der Waals surface area contributed by atoms with Crippen LogP contribution in [0.1, 0.15) is 48.3 Å². The lowest BCUT2D eigenvalue weighted by Crippen LogP contribution is -2.29. The molecule has 5 nitrogen and oxygen atoms in total. The summed E-state index contributed by atoms with van der Waals surface area (Å²) in [5.74, 6) is 0.125. The molecule has 0 bridgehead atoms. The molecule has 1 heterocycles. The van der Waals surface area contributed by atoms with E-state index in [1.165, 1.54) is 0 Å². The fourth-order valence-corrected chi connectivity index (χ4v) is 3.05. The highest BCUT2D eigenvalue weighted by molar-refractivity contribution is 5.76. The predicted molar refractivity (Wildman–Crippen MR) is 97.9 cm³/mol. The SMILES string of the molecule is Cc1nn(CCC#N)c(C)c1CCC(=O)N(C)C(C)c1ccccc1. The van der Waals surface area contributed by atoms with Crippen molar-refractivity contribution in [2.75, 3.05) is 7.05 Å². The van der Waals surface area contributed by atoms with E-state index in [0.29, 0.717) is 25.8 Å². The number of carbonyl (C=O) groups excluding carboxylic acids is 1. The van der Waals surface area contributed by atoms with Crippen molar-refractivity contribution < 1.29 is 4.79 Å². The van der Waals surface area contributed by atoms with E-state index in [4.69, 9.17) is 5.26 Å². The molecular weight excluding hydrogens is 312 g/mol. The summed E-state index contributed by atoms with van der Waals surface area (Å²) in [7, 11) is 1.86. The summed E-state index contributed by atoms with van der Waals surface area (Å²) in [6.45, 7) is 6.62. The molecule has 0 fully saturated rings. The Morgan fingerprint density at radius 2 is 2.00 bits per heavy atom. The lowest BCUT2D eigenvalue weighted by atomic mass is 10.0. The van der Waals surface area contributed by atoms with Gasteiger partial charge in [0.05, 0.1) is 30.8 Å². The summed E-state index contributed by atoms with van der Waals surface area (Å²) in [6.07, 6.45) is 1.58. The Bertz CT molecular complexity index is 758. The second-order valence-corrected chi connectivity index (χ2v) is 6.37. The fourth-order valence-electron chi connectivity index (χ4n) is 3.05. The van der Waals surface area contributed by atoms with Crippen molar-refractivity contribution in [1.29, 1.82) is 5.26 Å². The number of hydrogen-bond donors (Lipinski definition) is 0. The average Bonchev–Trinajstić information content (AvgIpc) is 2.90. The van der Waals surface area contributed by atoms with Crippen LogP contribution in [-0.2, 0) is 17.8 Å². The molecular formula is C20H26N4O. The Labute approximate surface area is 149 Å². The Kier molecular flexibility index (Phi) is 6.35. The Morgan fingerprint density at radius 3 is 2.64 bits per heavy atom. The molecule has 1 amide bonds. The third kappa shape index (κ3) is 4.48. The van der Waals surface area contributed by atoms with E-state index in [-0.39, 0.29) is 11.9 Å². The molecule has 2 rings (SSSR count). The van der Waals surface area contributed by atoms with Crippen LogP contribution in [0.4, 0.5) is 0 Å². The van der Waals surface area contributed by atoms with E-state index < -0.39 is 0 Å². The first-order chi connectivity index (χ1) is 12.0. The average molecular weight is 338 g/mol. The zero-order valence-corrected chi connectivity index (χ0v) is 15.5. The van der Waals surface area contributed by atoms with E-state index in [2.05, 4.69) is 11.2 Å². The summed E-state index contributed by atoms with van der Waals surface area (Å²) in [5, 5.41) is 13.2. The first-order valence-corrected chi connectivity index (χ1v) is 8.66. The zero-order chi connectivity index (χ0) is 18.4. The smallest absolute Gasteiger partial charge is 0.223 e. The molecule has 0 N–H and O–H groups in total. The quantitative estimate of drug-likeness (QED) is 0.775. The van der Waals surface area contributed by atoms with Gasteiger partial charge in [-0.3, -0.25) is 9.48 Å². The van der Waals surface area contributed by atoms with Crippen LogP contribution in [0.3, 0.4) is 0 Å². The zero-order valence-electron chi connectivity index (χ0n) is 15.5. The van der Waals surface area contributed by atoms with Crippen LogP contribution in [0.15, 0.2) is 30.3 Å². The van der Waals surface area contributed by atoms with Gasteiger partial charge in [0.1, 0.15) is 0 Å². The van der Waals surface area contributed by atoms with Gasteiger partial charge in [0.15, 0.2) is 0 Å². The van der Waals surface area contributed by atoms with Gasteiger partial charge >= 0.3 is 0 Å². The molecule has 0 aliphatic carbocycles. The standard InChI is InChI=1S/C20H26N4O/c1-15-19(17(3)24(22-15)14-8-13-21)11-12-20(25)23(4)16(2)18-9-6-5-7-10-18/h5-7,9-10,16H,8,11-12,14H2,1-4H3. The van der Waals surface area contributed by atoms with Crippen LogP contribution in [-0.4, -0.2) is 27.6 Å². The Balaban J connectivity index is 2.00. The lowest BCUT2D eigenvalue weighted by Gasteiger charge is -2.25. The van der Waals surface area contributed by atoms with Gasteiger partial charge in [-0.15, -0.1) is 0 Å². The Hall–Kier alpha value is -2.61. The molecule has 132 valence electrons. The van der Waals surface area contributed by atoms with Gasteiger partial charge in [0, 0.05) is 19.2 Å². The second-order valence-electron chi connectivity index (χ2n) is 6.37. The van der Waals surface area contributed by atoms with Crippen molar-refractivity contribution in [3.8, 4) is 6.07 Å². The monoisotopic (exact) mass is 338 g/mol. The topological polar surface area (TPSA) is 61.9 Å². The highest BCUT2D eigenvalue weighted by atomic mass is 16.2. The molecule has 0 aliphatic heterocycles. The molecule has 0 aliphatic rings. The van der Waals surface area contributed by atoms with Gasteiger partial charge in [-0.25, -0.2) is 0 Å². The molecule has 1 aromatic heterocycles. The fraction of sp³-hybridized carbons (Fsp3) is 0.450. The van der Waals surface area contributed by atoms with Crippen molar-refractivity contribution in [3.63, 3.8) is 0 Å². The van der Waals surface area contributed by atoms with Crippen LogP contribution in [0.2, 0.25) is 0 Å². The number of amides is 1. The number of rotatable bonds is 7. The summed E-state index contributed by atoms with van der Waals surface area (Å²) in [4.78, 5) is 14.4. The van der Waals surface area contributed by atoms with Crippen molar-refractivity contribution in [2.45, 2.75) is 52.6 Å². The van der Waals surface area contributed by atoms with Gasteiger partial charge in [0.25, 0.3) is 0 Å². The maximum Gasteiger partial charge on any atom is 0.223 e. The first-order valence-electron chi connectivity index (χ1n) is 8.66. The van der Waals surface area contributed by atoms with Gasteiger partial charge in [0.2, 0.25) is 5.91 Å². The van der Waals surface area contributed by atoms with Crippen molar-refractivity contribution >= 4 is 5.91 Å². The number of hydrogen-bond acceptors (Lipinski definition) is 3. The van der Waals surface area contributed by atoms with E-state index in [9.17, 15) is 4.79 Å². The third-order valence-corrected chi connectivity index (χ3v) is 4.81. The predicted octanol–water partition coefficient (Wildman–Crippen LogP) is 3.57. The van der Waals surface area contributed by atoms with Crippen LogP contribution in [0, 0.1) is 25.2 Å². The molecule has 0 saturated carbocycles. The van der Waals surface area contributed by atoms with Crippen molar-refractivity contribution in [1.82, 2.24) is 14.7 Å². The molecule has 0 spiro atoms. The molecule has 5 heteroatoms. The van der Waals surface area contributed by atoms with E-state index in [1.807, 2.05) is 62.8 Å². The van der Waals surface area contributed by atoms with Crippen LogP contribution >= 0.6 is 0 Å². The number of aromatic nitrogens is 2. The van der Waals surface area contributed by atoms with E-state index >= 15 is 0 Å². The summed E-state index contributed by atoms with van der Waals surface area (Å²) in [5.41, 5.74) is 4.25. The minimum atomic E-state index is 0.0502. The van der Waals surface area contributed by atoms with Crippen LogP contribution in [0.25, 0.3) is 0 Å². The molecule has 2 aromatic rings. The highest BCUT2D eigenvalue weighted by Gasteiger charge is 2.19. The normalized spacial score (nSPS) is 11.8. The van der Waals surface area contributed by atoms with Crippen molar-refractivity contribution in [3.05, 3.63) is 52.8 Å². The summed E-state index contributed by atoms with van der Waals surface area (Å²) in [6, 6.07) is 12.2. The van der Waals surface area contributed by atoms with Gasteiger partial charge < -0.3 is 4.90 Å². The molecule has 1 unspecified atom stereocenters. The summed E-state index contributed by atoms with van der Waals surface area (Å²) >= 11 is 0. The number of aryl methyl sites for hydroxylation is 2. The molecule has 1 atom stereocenters. The molecule has 0 saturated heterocycles. The first kappa shape index (κ1) is 18.7. The van der Waals surface area contributed by atoms with Crippen LogP contribution < -0.4 is 0 Å². The molecule has 0 radical (unpaired) electrons. The van der Waals surface area contributed by atoms with Gasteiger partial charge in [-0.05, 0) is 38.3 Å². The summed E-state index contributed by atoms with van der Waals surface area (Å²) < 4.78 is 1.87. The van der Waals surface area contributed by atoms with Gasteiger partial charge in [-0.2, -0.15) is 10.4 Å². The van der Waals surface area contributed by atoms with E-state index in [1.54, 1.807) is 4.90 Å². The van der Waals surface area contributed by atoms with Gasteiger partial charge in [-0.1, -0.05) is 30.3 Å². The van der Waals surface area contributed by atoms with E-state index in [0.717, 1.165) is 22.5 Å². The minimum Gasteiger partial charge on any atom is -0.339 e. The highest BCUT2D eigenvalue weighted by Crippen LogP contribution is 2.21. The largest absolute Gasteiger partial charge is 0.339 e. The van der Waals surface area contributed by atoms with Crippen molar-refractivity contribution in [2.24, 2.45) is 0 Å².